The molecule has 2 saturated carbocycles. The number of rotatable bonds is 3. The Morgan fingerprint density at radius 2 is 1.81 bits per heavy atom. The fourth-order valence-corrected chi connectivity index (χ4v) is 5.31. The van der Waals surface area contributed by atoms with Gasteiger partial charge in [-0.15, -0.1) is 0 Å². The molecule has 26 heavy (non-hydrogen) atoms. The molecule has 5 nitrogen and oxygen atoms in total. The molecule has 1 saturated heterocycles. The predicted octanol–water partition coefficient (Wildman–Crippen LogP) is 3.99. The van der Waals surface area contributed by atoms with Crippen molar-refractivity contribution in [3.8, 4) is 0 Å². The number of nitrogens with one attached hydrogen (secondary N) is 2. The van der Waals surface area contributed by atoms with Gasteiger partial charge < -0.3 is 15.5 Å². The van der Waals surface area contributed by atoms with E-state index in [-0.39, 0.29) is 18.0 Å². The van der Waals surface area contributed by atoms with Gasteiger partial charge >= 0.3 is 6.03 Å². The summed E-state index contributed by atoms with van der Waals surface area (Å²) in [5, 5.41) is 6.21. The lowest BCUT2D eigenvalue weighted by molar-refractivity contribution is 0.0943. The van der Waals surface area contributed by atoms with Gasteiger partial charge in [0, 0.05) is 24.7 Å². The molecule has 2 aliphatic carbocycles. The van der Waals surface area contributed by atoms with Gasteiger partial charge in [0.25, 0.3) is 5.91 Å². The molecule has 140 valence electrons. The van der Waals surface area contributed by atoms with Crippen LogP contribution < -0.4 is 10.6 Å². The third-order valence-corrected chi connectivity index (χ3v) is 6.64. The number of hydrogen-bond acceptors (Lipinski definition) is 2. The van der Waals surface area contributed by atoms with Gasteiger partial charge in [-0.05, 0) is 75.0 Å². The SMILES string of the molecule is CC(C)NC(=O)c1ccc(Cl)c(NC(=O)N2CC3C4CCC(C4)C3C2)c1. The molecule has 3 amide bonds. The molecule has 2 bridgehead atoms. The first-order valence-electron chi connectivity index (χ1n) is 9.58. The number of carbonyl (C=O) groups excluding carboxylic acids is 2. The number of likely N-dealkylation sites (tertiary alicyclic amines) is 1. The van der Waals surface area contributed by atoms with Crippen LogP contribution in [0, 0.1) is 23.7 Å². The van der Waals surface area contributed by atoms with Crippen molar-refractivity contribution in [1.82, 2.24) is 10.2 Å². The molecule has 4 rings (SSSR count). The molecular formula is C20H26ClN3O2. The largest absolute Gasteiger partial charge is 0.350 e. The number of anilines is 1. The summed E-state index contributed by atoms with van der Waals surface area (Å²) >= 11 is 6.24. The summed E-state index contributed by atoms with van der Waals surface area (Å²) < 4.78 is 0. The first-order valence-corrected chi connectivity index (χ1v) is 9.96. The van der Waals surface area contributed by atoms with Crippen LogP contribution >= 0.6 is 11.6 Å². The third kappa shape index (κ3) is 3.18. The minimum atomic E-state index is -0.167. The number of nitrogens with zero attached hydrogens (tertiary/aromatic N) is 1. The number of halogens is 1. The highest BCUT2D eigenvalue weighted by Gasteiger charge is 2.52. The second kappa shape index (κ2) is 6.76. The number of urea groups is 1. The van der Waals surface area contributed by atoms with Gasteiger partial charge in [0.2, 0.25) is 0 Å². The standard InChI is InChI=1S/C20H26ClN3O2/c1-11(2)22-19(25)14-5-6-17(21)18(8-14)23-20(26)24-9-15-12-3-4-13(7-12)16(15)10-24/h5-6,8,11-13,15-16H,3-4,7,9-10H2,1-2H3,(H,22,25)(H,23,26). The Balaban J connectivity index is 1.44. The highest BCUT2D eigenvalue weighted by atomic mass is 35.5. The lowest BCUT2D eigenvalue weighted by Crippen LogP contribution is -2.34. The zero-order valence-electron chi connectivity index (χ0n) is 15.3. The van der Waals surface area contributed by atoms with Crippen molar-refractivity contribution in [3.63, 3.8) is 0 Å². The smallest absolute Gasteiger partial charge is 0.321 e. The molecule has 2 N–H and O–H groups in total. The first-order chi connectivity index (χ1) is 12.4. The van der Waals surface area contributed by atoms with Crippen molar-refractivity contribution in [2.75, 3.05) is 18.4 Å². The van der Waals surface area contributed by atoms with E-state index in [1.807, 2.05) is 18.7 Å². The number of hydrogen-bond donors (Lipinski definition) is 2. The third-order valence-electron chi connectivity index (χ3n) is 6.31. The summed E-state index contributed by atoms with van der Waals surface area (Å²) in [7, 11) is 0. The van der Waals surface area contributed by atoms with Crippen molar-refractivity contribution >= 4 is 29.2 Å². The van der Waals surface area contributed by atoms with Gasteiger partial charge in [0.15, 0.2) is 0 Å². The van der Waals surface area contributed by atoms with Crippen molar-refractivity contribution < 1.29 is 9.59 Å². The lowest BCUT2D eigenvalue weighted by Gasteiger charge is -2.22. The summed E-state index contributed by atoms with van der Waals surface area (Å²) in [5.74, 6) is 2.82. The van der Waals surface area contributed by atoms with E-state index in [1.54, 1.807) is 18.2 Å². The van der Waals surface area contributed by atoms with Crippen molar-refractivity contribution in [2.24, 2.45) is 23.7 Å². The predicted molar refractivity (Wildman–Crippen MR) is 102 cm³/mol. The Kier molecular flexibility index (Phi) is 4.59. The number of benzene rings is 1. The van der Waals surface area contributed by atoms with Crippen LogP contribution in [0.1, 0.15) is 43.5 Å². The molecule has 1 aliphatic heterocycles. The molecule has 6 heteroatoms. The van der Waals surface area contributed by atoms with E-state index in [9.17, 15) is 9.59 Å². The summed E-state index contributed by atoms with van der Waals surface area (Å²) in [6.45, 7) is 5.52. The van der Waals surface area contributed by atoms with E-state index >= 15 is 0 Å². The van der Waals surface area contributed by atoms with Gasteiger partial charge in [0.1, 0.15) is 0 Å². The van der Waals surface area contributed by atoms with Crippen molar-refractivity contribution in [2.45, 2.75) is 39.2 Å². The van der Waals surface area contributed by atoms with Crippen LogP contribution in [0.5, 0.6) is 0 Å². The van der Waals surface area contributed by atoms with E-state index < -0.39 is 0 Å². The molecule has 3 fully saturated rings. The Morgan fingerprint density at radius 3 is 2.42 bits per heavy atom. The Morgan fingerprint density at radius 1 is 1.15 bits per heavy atom. The minimum absolute atomic E-state index is 0.0515. The zero-order valence-corrected chi connectivity index (χ0v) is 16.1. The number of fused-ring (bicyclic) bond motifs is 5. The highest BCUT2D eigenvalue weighted by Crippen LogP contribution is 2.55. The van der Waals surface area contributed by atoms with Crippen LogP contribution in [-0.4, -0.2) is 36.0 Å². The van der Waals surface area contributed by atoms with Gasteiger partial charge in [0.05, 0.1) is 10.7 Å². The zero-order chi connectivity index (χ0) is 18.4. The molecule has 4 unspecified atom stereocenters. The van der Waals surface area contributed by atoms with Crippen LogP contribution in [0.15, 0.2) is 18.2 Å². The molecule has 1 aromatic carbocycles. The summed E-state index contributed by atoms with van der Waals surface area (Å²) in [4.78, 5) is 26.9. The Hall–Kier alpha value is -1.75. The van der Waals surface area contributed by atoms with Crippen LogP contribution in [0.4, 0.5) is 10.5 Å². The van der Waals surface area contributed by atoms with Crippen molar-refractivity contribution in [3.05, 3.63) is 28.8 Å². The topological polar surface area (TPSA) is 61.4 Å². The normalized spacial score (nSPS) is 29.2. The van der Waals surface area contributed by atoms with Gasteiger partial charge in [-0.3, -0.25) is 4.79 Å². The van der Waals surface area contributed by atoms with Crippen LogP contribution in [-0.2, 0) is 0 Å². The molecule has 1 aromatic rings. The van der Waals surface area contributed by atoms with Crippen LogP contribution in [0.25, 0.3) is 0 Å². The fraction of sp³-hybridized carbons (Fsp3) is 0.600. The van der Waals surface area contributed by atoms with E-state index in [0.29, 0.717) is 28.1 Å². The molecule has 1 heterocycles. The average Bonchev–Trinajstić information content (AvgIpc) is 3.28. The molecule has 0 spiro atoms. The minimum Gasteiger partial charge on any atom is -0.350 e. The monoisotopic (exact) mass is 375 g/mol. The van der Waals surface area contributed by atoms with E-state index in [1.165, 1.54) is 19.3 Å². The maximum absolute atomic E-state index is 12.7. The maximum atomic E-state index is 12.7. The van der Waals surface area contributed by atoms with E-state index in [2.05, 4.69) is 10.6 Å². The summed E-state index contributed by atoms with van der Waals surface area (Å²) in [5.41, 5.74) is 0.989. The fourth-order valence-electron chi connectivity index (χ4n) is 5.15. The second-order valence-electron chi connectivity index (χ2n) is 8.32. The summed E-state index contributed by atoms with van der Waals surface area (Å²) in [6.07, 6.45) is 4.03. The first kappa shape index (κ1) is 17.7. The second-order valence-corrected chi connectivity index (χ2v) is 8.73. The van der Waals surface area contributed by atoms with Gasteiger partial charge in [-0.25, -0.2) is 4.79 Å². The van der Waals surface area contributed by atoms with Crippen LogP contribution in [0.2, 0.25) is 5.02 Å². The van der Waals surface area contributed by atoms with E-state index in [0.717, 1.165) is 24.9 Å². The maximum Gasteiger partial charge on any atom is 0.321 e. The van der Waals surface area contributed by atoms with E-state index in [4.69, 9.17) is 11.6 Å². The number of amides is 3. The quantitative estimate of drug-likeness (QED) is 0.839. The van der Waals surface area contributed by atoms with Gasteiger partial charge in [-0.1, -0.05) is 11.6 Å². The molecule has 0 aromatic heterocycles. The average molecular weight is 376 g/mol. The van der Waals surface area contributed by atoms with Crippen LogP contribution in [0.3, 0.4) is 0 Å². The molecule has 4 atom stereocenters. The number of carbonyl (C=O) groups is 2. The summed E-state index contributed by atoms with van der Waals surface area (Å²) in [6, 6.07) is 4.93. The molecular weight excluding hydrogens is 350 g/mol. The highest BCUT2D eigenvalue weighted by molar-refractivity contribution is 6.33. The lowest BCUT2D eigenvalue weighted by atomic mass is 9.82. The molecule has 3 aliphatic rings. The van der Waals surface area contributed by atoms with Crippen molar-refractivity contribution in [1.29, 1.82) is 0 Å². The Labute approximate surface area is 159 Å². The Bertz CT molecular complexity index is 718. The van der Waals surface area contributed by atoms with Gasteiger partial charge in [-0.2, -0.15) is 0 Å². The molecule has 0 radical (unpaired) electrons.